The van der Waals surface area contributed by atoms with Crippen LogP contribution in [0.25, 0.3) is 0 Å². The van der Waals surface area contributed by atoms with Crippen molar-refractivity contribution in [2.45, 2.75) is 6.92 Å². The molecule has 1 rings (SSSR count). The van der Waals surface area contributed by atoms with Gasteiger partial charge in [-0.05, 0) is 6.92 Å². The molecule has 0 fully saturated rings. The third kappa shape index (κ3) is 0.975. The van der Waals surface area contributed by atoms with Crippen molar-refractivity contribution in [2.75, 3.05) is 6.61 Å². The predicted molar refractivity (Wildman–Crippen MR) is 32.7 cm³/mol. The minimum absolute atomic E-state index is 0.0579. The number of azo groups is 1. The summed E-state index contributed by atoms with van der Waals surface area (Å²) in [5.74, 6) is -0.381. The average Bonchev–Trinajstić information content (AvgIpc) is 2.20. The van der Waals surface area contributed by atoms with Crippen LogP contribution in [0.15, 0.2) is 21.8 Å². The van der Waals surface area contributed by atoms with Crippen molar-refractivity contribution in [1.82, 2.24) is 0 Å². The lowest BCUT2D eigenvalue weighted by atomic mass is 10.5. The highest BCUT2D eigenvalue weighted by atomic mass is 16.5. The summed E-state index contributed by atoms with van der Waals surface area (Å²) in [4.78, 5) is 10.7. The number of carbonyl (C=O) groups excluding carboxylic acids is 1. The van der Waals surface area contributed by atoms with Gasteiger partial charge in [0.1, 0.15) is 0 Å². The maximum Gasteiger partial charge on any atom is 0.334 e. The predicted octanol–water partition coefficient (Wildman–Crippen LogP) is 0.143. The maximum absolute atomic E-state index is 10.7. The lowest BCUT2D eigenvalue weighted by Gasteiger charge is -1.98. The molecular formula is C5H7N3O2. The smallest absolute Gasteiger partial charge is 0.334 e. The zero-order valence-electron chi connectivity index (χ0n) is 5.50. The molecule has 54 valence electrons. The van der Waals surface area contributed by atoms with Crippen molar-refractivity contribution < 1.29 is 9.53 Å². The van der Waals surface area contributed by atoms with Gasteiger partial charge in [-0.1, -0.05) is 0 Å². The van der Waals surface area contributed by atoms with Gasteiger partial charge in [-0.25, -0.2) is 0 Å². The maximum atomic E-state index is 10.7. The molecule has 0 spiro atoms. The number of rotatable bonds is 2. The Morgan fingerprint density at radius 1 is 1.60 bits per heavy atom. The fraction of sp³-hybridized carbons (Fsp3) is 0.400. The molecule has 0 aliphatic carbocycles. The first-order valence-corrected chi connectivity index (χ1v) is 2.84. The standard InChI is InChI=1S/C5H7N3O2/c1-2-10-3-4(6)7-8-5(3)9/h2,6H2,1H3. The average molecular weight is 141 g/mol. The number of nitrogens with two attached hydrogens (primary N) is 1. The molecule has 1 heterocycles. The van der Waals surface area contributed by atoms with Crippen LogP contribution in [0.4, 0.5) is 0 Å². The molecule has 1 aliphatic heterocycles. The Hall–Kier alpha value is -1.39. The second-order valence-corrected chi connectivity index (χ2v) is 1.65. The van der Waals surface area contributed by atoms with Gasteiger partial charge in [0.2, 0.25) is 5.76 Å². The monoisotopic (exact) mass is 141 g/mol. The first-order valence-electron chi connectivity index (χ1n) is 2.84. The highest BCUT2D eigenvalue weighted by Crippen LogP contribution is 2.12. The van der Waals surface area contributed by atoms with Gasteiger partial charge in [0.05, 0.1) is 6.61 Å². The van der Waals surface area contributed by atoms with E-state index in [1.54, 1.807) is 6.92 Å². The van der Waals surface area contributed by atoms with Crippen molar-refractivity contribution in [3.8, 4) is 0 Å². The van der Waals surface area contributed by atoms with Gasteiger partial charge in [0.15, 0.2) is 5.82 Å². The van der Waals surface area contributed by atoms with E-state index in [1.807, 2.05) is 0 Å². The van der Waals surface area contributed by atoms with Gasteiger partial charge in [0, 0.05) is 0 Å². The van der Waals surface area contributed by atoms with E-state index >= 15 is 0 Å². The number of hydrogen-bond donors (Lipinski definition) is 1. The summed E-state index contributed by atoms with van der Waals surface area (Å²) in [6, 6.07) is 0. The Labute approximate surface area is 57.6 Å². The van der Waals surface area contributed by atoms with Crippen LogP contribution < -0.4 is 5.73 Å². The topological polar surface area (TPSA) is 77.0 Å². The van der Waals surface area contributed by atoms with Crippen LogP contribution in [-0.2, 0) is 9.53 Å². The van der Waals surface area contributed by atoms with E-state index in [1.165, 1.54) is 0 Å². The Balaban J connectivity index is 2.75. The van der Waals surface area contributed by atoms with E-state index in [0.29, 0.717) is 6.61 Å². The molecule has 0 atom stereocenters. The summed E-state index contributed by atoms with van der Waals surface area (Å²) < 4.78 is 4.84. The first-order chi connectivity index (χ1) is 4.75. The Bertz CT molecular complexity index is 219. The molecule has 0 aromatic carbocycles. The van der Waals surface area contributed by atoms with Gasteiger partial charge in [-0.2, -0.15) is 0 Å². The van der Waals surface area contributed by atoms with Crippen LogP contribution in [0.2, 0.25) is 0 Å². The van der Waals surface area contributed by atoms with E-state index in [-0.39, 0.29) is 11.6 Å². The lowest BCUT2D eigenvalue weighted by Crippen LogP contribution is -2.05. The Kier molecular flexibility index (Phi) is 1.66. The number of carbonyl (C=O) groups is 1. The molecule has 5 nitrogen and oxygen atoms in total. The van der Waals surface area contributed by atoms with E-state index in [2.05, 4.69) is 10.2 Å². The molecule has 0 radical (unpaired) electrons. The minimum atomic E-state index is -0.501. The molecule has 0 aromatic heterocycles. The summed E-state index contributed by atoms with van der Waals surface area (Å²) >= 11 is 0. The molecule has 0 saturated heterocycles. The summed E-state index contributed by atoms with van der Waals surface area (Å²) in [5, 5.41) is 6.50. The molecule has 2 N–H and O–H groups in total. The SMILES string of the molecule is CCOC1=C(N)N=NC1=O. The quantitative estimate of drug-likeness (QED) is 0.594. The van der Waals surface area contributed by atoms with Crippen molar-refractivity contribution in [2.24, 2.45) is 16.0 Å². The number of amides is 1. The molecule has 10 heavy (non-hydrogen) atoms. The molecule has 1 aliphatic rings. The second kappa shape index (κ2) is 2.47. The molecule has 0 unspecified atom stereocenters. The van der Waals surface area contributed by atoms with E-state index < -0.39 is 5.91 Å². The van der Waals surface area contributed by atoms with Crippen LogP contribution >= 0.6 is 0 Å². The van der Waals surface area contributed by atoms with E-state index in [9.17, 15) is 4.79 Å². The first kappa shape index (κ1) is 6.73. The zero-order valence-corrected chi connectivity index (χ0v) is 5.50. The van der Waals surface area contributed by atoms with Gasteiger partial charge in [-0.3, -0.25) is 4.79 Å². The molecule has 0 aromatic rings. The van der Waals surface area contributed by atoms with Gasteiger partial charge in [-0.15, -0.1) is 10.2 Å². The highest BCUT2D eigenvalue weighted by Gasteiger charge is 2.20. The molecule has 5 heteroatoms. The highest BCUT2D eigenvalue weighted by molar-refractivity contribution is 5.94. The third-order valence-corrected chi connectivity index (χ3v) is 0.964. The van der Waals surface area contributed by atoms with Crippen LogP contribution in [0.1, 0.15) is 6.92 Å². The summed E-state index contributed by atoms with van der Waals surface area (Å²) in [5.41, 5.74) is 5.23. The summed E-state index contributed by atoms with van der Waals surface area (Å²) in [7, 11) is 0. The van der Waals surface area contributed by atoms with Crippen LogP contribution in [0.5, 0.6) is 0 Å². The number of hydrogen-bond acceptors (Lipinski definition) is 4. The summed E-state index contributed by atoms with van der Waals surface area (Å²) in [6.07, 6.45) is 0. The van der Waals surface area contributed by atoms with Crippen LogP contribution in [0.3, 0.4) is 0 Å². The van der Waals surface area contributed by atoms with Crippen LogP contribution in [0, 0.1) is 0 Å². The fourth-order valence-corrected chi connectivity index (χ4v) is 0.580. The number of ether oxygens (including phenoxy) is 1. The zero-order chi connectivity index (χ0) is 7.56. The van der Waals surface area contributed by atoms with Crippen molar-refractivity contribution in [3.05, 3.63) is 11.6 Å². The van der Waals surface area contributed by atoms with Crippen molar-refractivity contribution in [3.63, 3.8) is 0 Å². The van der Waals surface area contributed by atoms with E-state index in [0.717, 1.165) is 0 Å². The van der Waals surface area contributed by atoms with E-state index in [4.69, 9.17) is 10.5 Å². The molecule has 1 amide bonds. The third-order valence-electron chi connectivity index (χ3n) is 0.964. The Morgan fingerprint density at radius 3 is 2.70 bits per heavy atom. The second-order valence-electron chi connectivity index (χ2n) is 1.65. The lowest BCUT2D eigenvalue weighted by molar-refractivity contribution is -0.117. The summed E-state index contributed by atoms with van der Waals surface area (Å²) in [6.45, 7) is 2.15. The minimum Gasteiger partial charge on any atom is -0.485 e. The molecule has 0 saturated carbocycles. The molecule has 0 bridgehead atoms. The van der Waals surface area contributed by atoms with Crippen LogP contribution in [-0.4, -0.2) is 12.5 Å². The largest absolute Gasteiger partial charge is 0.485 e. The normalized spacial score (nSPS) is 16.7. The van der Waals surface area contributed by atoms with Crippen molar-refractivity contribution in [1.29, 1.82) is 0 Å². The van der Waals surface area contributed by atoms with Gasteiger partial charge < -0.3 is 10.5 Å². The van der Waals surface area contributed by atoms with Gasteiger partial charge in [0.25, 0.3) is 0 Å². The fourth-order valence-electron chi connectivity index (χ4n) is 0.580. The molecular weight excluding hydrogens is 134 g/mol. The van der Waals surface area contributed by atoms with Crippen molar-refractivity contribution >= 4 is 5.91 Å². The Morgan fingerprint density at radius 2 is 2.30 bits per heavy atom. The number of nitrogens with zero attached hydrogens (tertiary/aromatic N) is 2. The van der Waals surface area contributed by atoms with Gasteiger partial charge >= 0.3 is 5.91 Å².